The standard InChI is InChI=1S/C14H25N3/c1-2-16-13(10-15)11-17-9-5-8-14(17)12-6-3-4-7-12/h12-14,16H,2-9,11H2,1H3. The zero-order valence-electron chi connectivity index (χ0n) is 11.0. The normalized spacial score (nSPS) is 28.4. The zero-order valence-corrected chi connectivity index (χ0v) is 11.0. The van der Waals surface area contributed by atoms with Crippen LogP contribution in [0.5, 0.6) is 0 Å². The van der Waals surface area contributed by atoms with Crippen LogP contribution in [0, 0.1) is 17.2 Å². The van der Waals surface area contributed by atoms with E-state index >= 15 is 0 Å². The first-order valence-electron chi connectivity index (χ1n) is 7.22. The highest BCUT2D eigenvalue weighted by Gasteiger charge is 2.33. The first-order valence-corrected chi connectivity index (χ1v) is 7.22. The highest BCUT2D eigenvalue weighted by Crippen LogP contribution is 2.35. The summed E-state index contributed by atoms with van der Waals surface area (Å²) in [5.41, 5.74) is 0. The fraction of sp³-hybridized carbons (Fsp3) is 0.929. The van der Waals surface area contributed by atoms with Crippen LogP contribution in [0.3, 0.4) is 0 Å². The zero-order chi connectivity index (χ0) is 12.1. The molecule has 2 unspecified atom stereocenters. The lowest BCUT2D eigenvalue weighted by molar-refractivity contribution is 0.182. The molecule has 2 fully saturated rings. The third-order valence-corrected chi connectivity index (χ3v) is 4.38. The maximum atomic E-state index is 9.13. The molecule has 2 atom stereocenters. The minimum atomic E-state index is 0.0157. The maximum Gasteiger partial charge on any atom is 0.108 e. The van der Waals surface area contributed by atoms with Crippen LogP contribution in [0.4, 0.5) is 0 Å². The Morgan fingerprint density at radius 1 is 1.29 bits per heavy atom. The number of rotatable bonds is 5. The first-order chi connectivity index (χ1) is 8.35. The Bertz CT molecular complexity index is 265. The van der Waals surface area contributed by atoms with Gasteiger partial charge in [-0.15, -0.1) is 0 Å². The molecular weight excluding hydrogens is 210 g/mol. The predicted molar refractivity (Wildman–Crippen MR) is 69.6 cm³/mol. The number of nitriles is 1. The van der Waals surface area contributed by atoms with Crippen LogP contribution in [0.15, 0.2) is 0 Å². The number of likely N-dealkylation sites (N-methyl/N-ethyl adjacent to an activating group) is 1. The quantitative estimate of drug-likeness (QED) is 0.793. The van der Waals surface area contributed by atoms with Crippen molar-refractivity contribution in [2.24, 2.45) is 5.92 Å². The van der Waals surface area contributed by atoms with Gasteiger partial charge in [-0.3, -0.25) is 4.90 Å². The van der Waals surface area contributed by atoms with Gasteiger partial charge in [0.1, 0.15) is 6.04 Å². The topological polar surface area (TPSA) is 39.1 Å². The van der Waals surface area contributed by atoms with E-state index in [0.717, 1.165) is 25.0 Å². The van der Waals surface area contributed by atoms with E-state index < -0.39 is 0 Å². The number of hydrogen-bond donors (Lipinski definition) is 1. The SMILES string of the molecule is CCNC(C#N)CN1CCCC1C1CCCC1. The van der Waals surface area contributed by atoms with Crippen molar-refractivity contribution >= 4 is 0 Å². The molecule has 1 saturated heterocycles. The van der Waals surface area contributed by atoms with E-state index in [9.17, 15) is 0 Å². The van der Waals surface area contributed by atoms with Crippen LogP contribution in [0.1, 0.15) is 45.4 Å². The van der Waals surface area contributed by atoms with E-state index in [4.69, 9.17) is 5.26 Å². The van der Waals surface area contributed by atoms with Crippen molar-refractivity contribution in [3.63, 3.8) is 0 Å². The Morgan fingerprint density at radius 3 is 2.71 bits per heavy atom. The van der Waals surface area contributed by atoms with Crippen LogP contribution < -0.4 is 5.32 Å². The first kappa shape index (κ1) is 12.9. The minimum absolute atomic E-state index is 0.0157. The van der Waals surface area contributed by atoms with Crippen molar-refractivity contribution in [2.75, 3.05) is 19.6 Å². The molecular formula is C14H25N3. The summed E-state index contributed by atoms with van der Waals surface area (Å²) in [6.07, 6.45) is 8.35. The second-order valence-corrected chi connectivity index (χ2v) is 5.49. The molecule has 3 heteroatoms. The van der Waals surface area contributed by atoms with Crippen LogP contribution in [-0.4, -0.2) is 36.6 Å². The predicted octanol–water partition coefficient (Wildman–Crippen LogP) is 2.14. The fourth-order valence-electron chi connectivity index (χ4n) is 3.59. The van der Waals surface area contributed by atoms with E-state index in [2.05, 4.69) is 23.2 Å². The molecule has 1 aliphatic heterocycles. The molecule has 0 aromatic rings. The Morgan fingerprint density at radius 2 is 2.06 bits per heavy atom. The number of nitrogens with zero attached hydrogens (tertiary/aromatic N) is 2. The molecule has 2 rings (SSSR count). The molecule has 0 radical (unpaired) electrons. The van der Waals surface area contributed by atoms with Gasteiger partial charge >= 0.3 is 0 Å². The van der Waals surface area contributed by atoms with Crippen LogP contribution in [-0.2, 0) is 0 Å². The van der Waals surface area contributed by atoms with Gasteiger partial charge in [-0.1, -0.05) is 19.8 Å². The molecule has 0 bridgehead atoms. The van der Waals surface area contributed by atoms with Gasteiger partial charge in [-0.25, -0.2) is 0 Å². The van der Waals surface area contributed by atoms with Crippen molar-refractivity contribution in [2.45, 2.75) is 57.5 Å². The lowest BCUT2D eigenvalue weighted by Crippen LogP contribution is -2.44. The summed E-state index contributed by atoms with van der Waals surface area (Å²) in [4.78, 5) is 2.58. The molecule has 3 nitrogen and oxygen atoms in total. The number of hydrogen-bond acceptors (Lipinski definition) is 3. The second-order valence-electron chi connectivity index (χ2n) is 5.49. The van der Waals surface area contributed by atoms with Crippen molar-refractivity contribution in [3.05, 3.63) is 0 Å². The summed E-state index contributed by atoms with van der Waals surface area (Å²) < 4.78 is 0. The van der Waals surface area contributed by atoms with E-state index in [-0.39, 0.29) is 6.04 Å². The smallest absolute Gasteiger partial charge is 0.108 e. The highest BCUT2D eigenvalue weighted by atomic mass is 15.2. The van der Waals surface area contributed by atoms with Gasteiger partial charge < -0.3 is 5.32 Å². The average molecular weight is 235 g/mol. The largest absolute Gasteiger partial charge is 0.301 e. The van der Waals surface area contributed by atoms with Crippen LogP contribution in [0.25, 0.3) is 0 Å². The third kappa shape index (κ3) is 3.20. The number of likely N-dealkylation sites (tertiary alicyclic amines) is 1. The molecule has 0 spiro atoms. The summed E-state index contributed by atoms with van der Waals surface area (Å²) in [6.45, 7) is 5.08. The van der Waals surface area contributed by atoms with Gasteiger partial charge in [-0.2, -0.15) is 5.26 Å². The lowest BCUT2D eigenvalue weighted by atomic mass is 9.96. The van der Waals surface area contributed by atoms with Gasteiger partial charge in [0, 0.05) is 12.6 Å². The van der Waals surface area contributed by atoms with Crippen molar-refractivity contribution < 1.29 is 0 Å². The van der Waals surface area contributed by atoms with Crippen molar-refractivity contribution in [3.8, 4) is 6.07 Å². The maximum absolute atomic E-state index is 9.13. The van der Waals surface area contributed by atoms with E-state index in [0.29, 0.717) is 0 Å². The average Bonchev–Trinajstić information content (AvgIpc) is 2.98. The molecule has 1 N–H and O–H groups in total. The Kier molecular flexibility index (Phi) is 4.82. The van der Waals surface area contributed by atoms with E-state index in [1.807, 2.05) is 0 Å². The molecule has 0 aromatic carbocycles. The van der Waals surface area contributed by atoms with Gasteiger partial charge in [0.25, 0.3) is 0 Å². The minimum Gasteiger partial charge on any atom is -0.301 e. The van der Waals surface area contributed by atoms with E-state index in [1.54, 1.807) is 0 Å². The molecule has 0 amide bonds. The Balaban J connectivity index is 1.88. The van der Waals surface area contributed by atoms with E-state index in [1.165, 1.54) is 45.1 Å². The molecule has 17 heavy (non-hydrogen) atoms. The number of nitrogens with one attached hydrogen (secondary N) is 1. The summed E-state index contributed by atoms with van der Waals surface area (Å²) >= 11 is 0. The molecule has 1 heterocycles. The molecule has 2 aliphatic rings. The van der Waals surface area contributed by atoms with Crippen molar-refractivity contribution in [1.82, 2.24) is 10.2 Å². The summed E-state index contributed by atoms with van der Waals surface area (Å²) in [6, 6.07) is 3.17. The van der Waals surface area contributed by atoms with Crippen LogP contribution in [0.2, 0.25) is 0 Å². The molecule has 96 valence electrons. The van der Waals surface area contributed by atoms with Gasteiger partial charge in [0.15, 0.2) is 0 Å². The Labute approximate surface area is 105 Å². The van der Waals surface area contributed by atoms with Crippen LogP contribution >= 0.6 is 0 Å². The second kappa shape index (κ2) is 6.37. The molecule has 0 aromatic heterocycles. The lowest BCUT2D eigenvalue weighted by Gasteiger charge is -2.30. The monoisotopic (exact) mass is 235 g/mol. The molecule has 1 aliphatic carbocycles. The summed E-state index contributed by atoms with van der Waals surface area (Å²) in [5, 5.41) is 12.4. The Hall–Kier alpha value is -0.590. The fourth-order valence-corrected chi connectivity index (χ4v) is 3.59. The molecule has 1 saturated carbocycles. The van der Waals surface area contributed by atoms with Gasteiger partial charge in [-0.05, 0) is 44.7 Å². The summed E-state index contributed by atoms with van der Waals surface area (Å²) in [7, 11) is 0. The van der Waals surface area contributed by atoms with Gasteiger partial charge in [0.2, 0.25) is 0 Å². The van der Waals surface area contributed by atoms with Gasteiger partial charge in [0.05, 0.1) is 6.07 Å². The van der Waals surface area contributed by atoms with Crippen molar-refractivity contribution in [1.29, 1.82) is 5.26 Å². The highest BCUT2D eigenvalue weighted by molar-refractivity contribution is 4.96. The third-order valence-electron chi connectivity index (χ3n) is 4.38. The summed E-state index contributed by atoms with van der Waals surface area (Å²) in [5.74, 6) is 0.915.